The third-order valence-corrected chi connectivity index (χ3v) is 4.20. The summed E-state index contributed by atoms with van der Waals surface area (Å²) in [7, 11) is 0. The number of nitrogens with one attached hydrogen (secondary N) is 1. The lowest BCUT2D eigenvalue weighted by Gasteiger charge is -2.19. The fraction of sp³-hybridized carbons (Fsp3) is 0.188. The predicted octanol–water partition coefficient (Wildman–Crippen LogP) is 4.35. The number of thiocarbonyl (C=S) groups is 1. The second-order valence-electron chi connectivity index (χ2n) is 4.67. The highest BCUT2D eigenvalue weighted by molar-refractivity contribution is 7.98. The Hall–Kier alpha value is -1.59. The van der Waals surface area contributed by atoms with Gasteiger partial charge in [0.1, 0.15) is 10.8 Å². The van der Waals surface area contributed by atoms with Gasteiger partial charge in [-0.15, -0.1) is 11.8 Å². The standard InChI is InChI=1S/C16H17FN2S2/c1-10(11-5-3-6-12(17)9-11)19-13-7-4-8-14(21-2)15(13)16(18)20/h3-10,19H,1-2H3,(H2,18,20). The molecule has 0 aliphatic heterocycles. The van der Waals surface area contributed by atoms with Crippen molar-refractivity contribution in [3.8, 4) is 0 Å². The van der Waals surface area contributed by atoms with Crippen LogP contribution in [0, 0.1) is 5.82 Å². The van der Waals surface area contributed by atoms with E-state index in [1.54, 1.807) is 17.8 Å². The van der Waals surface area contributed by atoms with Crippen molar-refractivity contribution in [3.05, 3.63) is 59.4 Å². The molecular formula is C16H17FN2S2. The van der Waals surface area contributed by atoms with Gasteiger partial charge in [0.15, 0.2) is 0 Å². The molecule has 0 fully saturated rings. The van der Waals surface area contributed by atoms with Crippen molar-refractivity contribution in [2.24, 2.45) is 5.73 Å². The molecule has 110 valence electrons. The van der Waals surface area contributed by atoms with Crippen molar-refractivity contribution in [2.45, 2.75) is 17.9 Å². The molecule has 2 nitrogen and oxygen atoms in total. The highest BCUT2D eigenvalue weighted by atomic mass is 32.2. The van der Waals surface area contributed by atoms with Gasteiger partial charge in [0.05, 0.1) is 0 Å². The summed E-state index contributed by atoms with van der Waals surface area (Å²) in [4.78, 5) is 1.38. The minimum atomic E-state index is -0.242. The van der Waals surface area contributed by atoms with Crippen molar-refractivity contribution < 1.29 is 4.39 Å². The van der Waals surface area contributed by atoms with E-state index in [-0.39, 0.29) is 11.9 Å². The first-order valence-corrected chi connectivity index (χ1v) is 8.15. The summed E-state index contributed by atoms with van der Waals surface area (Å²) in [6, 6.07) is 12.4. The van der Waals surface area contributed by atoms with Crippen LogP contribution in [0.2, 0.25) is 0 Å². The third kappa shape index (κ3) is 3.74. The van der Waals surface area contributed by atoms with Gasteiger partial charge in [0.2, 0.25) is 0 Å². The fourth-order valence-corrected chi connectivity index (χ4v) is 3.09. The Balaban J connectivity index is 2.33. The second-order valence-corrected chi connectivity index (χ2v) is 5.96. The van der Waals surface area contributed by atoms with Crippen LogP contribution in [0.3, 0.4) is 0 Å². The molecule has 3 N–H and O–H groups in total. The Kier molecular flexibility index (Phi) is 5.20. The molecule has 2 rings (SSSR count). The number of rotatable bonds is 5. The second kappa shape index (κ2) is 6.91. The zero-order valence-electron chi connectivity index (χ0n) is 11.9. The topological polar surface area (TPSA) is 38.0 Å². The summed E-state index contributed by atoms with van der Waals surface area (Å²) in [5, 5.41) is 3.36. The molecule has 0 spiro atoms. The van der Waals surface area contributed by atoms with Crippen LogP contribution in [0.4, 0.5) is 10.1 Å². The maximum atomic E-state index is 13.3. The molecule has 0 radical (unpaired) electrons. The maximum absolute atomic E-state index is 13.3. The average molecular weight is 320 g/mol. The van der Waals surface area contributed by atoms with E-state index in [1.807, 2.05) is 37.4 Å². The van der Waals surface area contributed by atoms with Crippen molar-refractivity contribution in [1.82, 2.24) is 0 Å². The van der Waals surface area contributed by atoms with E-state index in [9.17, 15) is 4.39 Å². The van der Waals surface area contributed by atoms with Crippen LogP contribution in [0.25, 0.3) is 0 Å². The first-order chi connectivity index (χ1) is 10.0. The highest BCUT2D eigenvalue weighted by Crippen LogP contribution is 2.29. The Morgan fingerprint density at radius 1 is 1.29 bits per heavy atom. The Morgan fingerprint density at radius 3 is 2.62 bits per heavy atom. The minimum Gasteiger partial charge on any atom is -0.389 e. The van der Waals surface area contributed by atoms with E-state index in [1.165, 1.54) is 12.1 Å². The van der Waals surface area contributed by atoms with Gasteiger partial charge in [-0.1, -0.05) is 30.4 Å². The Bertz CT molecular complexity index is 658. The summed E-state index contributed by atoms with van der Waals surface area (Å²) >= 11 is 6.75. The molecule has 0 saturated heterocycles. The smallest absolute Gasteiger partial charge is 0.123 e. The number of halogens is 1. The van der Waals surface area contributed by atoms with Crippen LogP contribution in [-0.4, -0.2) is 11.2 Å². The summed E-state index contributed by atoms with van der Waals surface area (Å²) < 4.78 is 13.3. The van der Waals surface area contributed by atoms with Gasteiger partial charge in [-0.2, -0.15) is 0 Å². The van der Waals surface area contributed by atoms with Crippen molar-refractivity contribution >= 4 is 34.7 Å². The lowest BCUT2D eigenvalue weighted by molar-refractivity contribution is 0.623. The number of hydrogen-bond donors (Lipinski definition) is 2. The Labute approximate surface area is 133 Å². The van der Waals surface area contributed by atoms with E-state index in [4.69, 9.17) is 18.0 Å². The molecule has 0 amide bonds. The molecule has 2 aromatic rings. The van der Waals surface area contributed by atoms with Crippen molar-refractivity contribution in [2.75, 3.05) is 11.6 Å². The first-order valence-electron chi connectivity index (χ1n) is 6.51. The van der Waals surface area contributed by atoms with E-state index >= 15 is 0 Å². The largest absolute Gasteiger partial charge is 0.389 e. The molecule has 0 heterocycles. The van der Waals surface area contributed by atoms with Gasteiger partial charge < -0.3 is 11.1 Å². The van der Waals surface area contributed by atoms with Crippen LogP contribution >= 0.6 is 24.0 Å². The summed E-state index contributed by atoms with van der Waals surface area (Å²) in [6.45, 7) is 1.98. The van der Waals surface area contributed by atoms with E-state index in [2.05, 4.69) is 5.32 Å². The van der Waals surface area contributed by atoms with Crippen molar-refractivity contribution in [3.63, 3.8) is 0 Å². The van der Waals surface area contributed by atoms with Gasteiger partial charge in [0, 0.05) is 22.2 Å². The molecule has 0 saturated carbocycles. The summed E-state index contributed by atoms with van der Waals surface area (Å²) in [5.41, 5.74) is 8.42. The fourth-order valence-electron chi connectivity index (χ4n) is 2.17. The van der Waals surface area contributed by atoms with Crippen LogP contribution in [0.5, 0.6) is 0 Å². The predicted molar refractivity (Wildman–Crippen MR) is 92.5 cm³/mol. The summed E-state index contributed by atoms with van der Waals surface area (Å²) in [5.74, 6) is -0.242. The van der Waals surface area contributed by atoms with Crippen LogP contribution in [-0.2, 0) is 0 Å². The van der Waals surface area contributed by atoms with E-state index < -0.39 is 0 Å². The van der Waals surface area contributed by atoms with Crippen LogP contribution < -0.4 is 11.1 Å². The minimum absolute atomic E-state index is 0.0501. The number of benzene rings is 2. The Morgan fingerprint density at radius 2 is 2.00 bits per heavy atom. The number of anilines is 1. The normalized spacial score (nSPS) is 12.0. The SMILES string of the molecule is CSc1cccc(NC(C)c2cccc(F)c2)c1C(N)=S. The van der Waals surface area contributed by atoms with Crippen molar-refractivity contribution in [1.29, 1.82) is 0 Å². The van der Waals surface area contributed by atoms with Crippen LogP contribution in [0.15, 0.2) is 47.4 Å². The molecular weight excluding hydrogens is 303 g/mol. The average Bonchev–Trinajstić information content (AvgIpc) is 2.46. The molecule has 21 heavy (non-hydrogen) atoms. The quantitative estimate of drug-likeness (QED) is 0.634. The number of hydrogen-bond acceptors (Lipinski definition) is 3. The zero-order valence-corrected chi connectivity index (χ0v) is 13.5. The molecule has 1 atom stereocenters. The van der Waals surface area contributed by atoms with E-state index in [0.29, 0.717) is 4.99 Å². The molecule has 1 unspecified atom stereocenters. The maximum Gasteiger partial charge on any atom is 0.123 e. The van der Waals surface area contributed by atoms with Gasteiger partial charge in [-0.05, 0) is 43.0 Å². The third-order valence-electron chi connectivity index (χ3n) is 3.21. The highest BCUT2D eigenvalue weighted by Gasteiger charge is 2.13. The van der Waals surface area contributed by atoms with Gasteiger partial charge in [-0.3, -0.25) is 0 Å². The summed E-state index contributed by atoms with van der Waals surface area (Å²) in [6.07, 6.45) is 1.98. The lowest BCUT2D eigenvalue weighted by atomic mass is 10.1. The zero-order chi connectivity index (χ0) is 15.4. The molecule has 0 aromatic heterocycles. The first kappa shape index (κ1) is 15.8. The molecule has 2 aromatic carbocycles. The van der Waals surface area contributed by atoms with Gasteiger partial charge >= 0.3 is 0 Å². The number of thioether (sulfide) groups is 1. The van der Waals surface area contributed by atoms with Gasteiger partial charge in [0.25, 0.3) is 0 Å². The molecule has 0 aliphatic carbocycles. The van der Waals surface area contributed by atoms with Gasteiger partial charge in [-0.25, -0.2) is 4.39 Å². The van der Waals surface area contributed by atoms with Crippen LogP contribution in [0.1, 0.15) is 24.1 Å². The molecule has 5 heteroatoms. The monoisotopic (exact) mass is 320 g/mol. The lowest BCUT2D eigenvalue weighted by Crippen LogP contribution is -2.16. The molecule has 0 bridgehead atoms. The number of nitrogens with two attached hydrogens (primary N) is 1. The van der Waals surface area contributed by atoms with E-state index in [0.717, 1.165) is 21.7 Å². The molecule has 0 aliphatic rings.